The van der Waals surface area contributed by atoms with E-state index >= 15 is 0 Å². The second kappa shape index (κ2) is 11.9. The van der Waals surface area contributed by atoms with Crippen LogP contribution in [0.2, 0.25) is 0 Å². The Bertz CT molecular complexity index is 1680. The summed E-state index contributed by atoms with van der Waals surface area (Å²) in [4.78, 5) is 13.7. The highest BCUT2D eigenvalue weighted by molar-refractivity contribution is 7.90. The number of phenols is 2. The number of fused-ring (bicyclic) bond motifs is 1. The van der Waals surface area contributed by atoms with Crippen LogP contribution in [0.4, 0.5) is 4.39 Å². The van der Waals surface area contributed by atoms with Crippen LogP contribution in [0.25, 0.3) is 29.4 Å². The molecule has 41 heavy (non-hydrogen) atoms. The molecule has 5 nitrogen and oxygen atoms in total. The number of hydrogen-bond acceptors (Lipinski definition) is 5. The average Bonchev–Trinajstić information content (AvgIpc) is 3.17. The molecule has 4 aromatic rings. The SMILES string of the molecule is CC1=C(CC(=O)Oc2ccc(/C=C/c3cc(O)cc(O)c3)cc2)c2cc(F)ccc2/C1=C\c1ccc([S+](C)[O-])cc1. The normalized spacial score (nSPS) is 14.5. The fraction of sp³-hybridized carbons (Fsp3) is 0.0882. The van der Waals surface area contributed by atoms with E-state index in [9.17, 15) is 24.0 Å². The Hall–Kier alpha value is -4.59. The van der Waals surface area contributed by atoms with Crippen molar-refractivity contribution in [2.75, 3.05) is 6.26 Å². The third-order valence-corrected chi connectivity index (χ3v) is 7.74. The largest absolute Gasteiger partial charge is 0.612 e. The Balaban J connectivity index is 1.32. The maximum atomic E-state index is 14.3. The summed E-state index contributed by atoms with van der Waals surface area (Å²) >= 11 is -1.07. The lowest BCUT2D eigenvalue weighted by atomic mass is 10.0. The van der Waals surface area contributed by atoms with Crippen LogP contribution in [-0.2, 0) is 16.0 Å². The van der Waals surface area contributed by atoms with Crippen LogP contribution in [0, 0.1) is 5.82 Å². The van der Waals surface area contributed by atoms with Crippen LogP contribution in [0.1, 0.15) is 41.2 Å². The fourth-order valence-electron chi connectivity index (χ4n) is 4.77. The highest BCUT2D eigenvalue weighted by Gasteiger charge is 2.26. The van der Waals surface area contributed by atoms with E-state index in [1.54, 1.807) is 48.7 Å². The quantitative estimate of drug-likeness (QED) is 0.105. The van der Waals surface area contributed by atoms with E-state index in [2.05, 4.69) is 0 Å². The van der Waals surface area contributed by atoms with Gasteiger partial charge in [-0.2, -0.15) is 0 Å². The number of rotatable bonds is 7. The molecule has 0 fully saturated rings. The number of benzene rings is 4. The van der Waals surface area contributed by atoms with Gasteiger partial charge in [-0.25, -0.2) is 4.39 Å². The van der Waals surface area contributed by atoms with Crippen molar-refractivity contribution in [2.24, 2.45) is 0 Å². The molecule has 0 aromatic heterocycles. The number of phenolic OH excluding ortho intramolecular Hbond substituents is 2. The molecule has 1 aliphatic carbocycles. The minimum atomic E-state index is -1.07. The van der Waals surface area contributed by atoms with Crippen LogP contribution in [0.15, 0.2) is 95.4 Å². The molecule has 0 radical (unpaired) electrons. The van der Waals surface area contributed by atoms with Crippen LogP contribution >= 0.6 is 0 Å². The summed E-state index contributed by atoms with van der Waals surface area (Å²) in [6.07, 6.45) is 7.13. The van der Waals surface area contributed by atoms with Crippen LogP contribution in [-0.4, -0.2) is 27.0 Å². The van der Waals surface area contributed by atoms with Crippen molar-refractivity contribution in [1.82, 2.24) is 0 Å². The van der Waals surface area contributed by atoms with E-state index in [1.807, 2.05) is 37.3 Å². The molecular formula is C34H27FO5S. The van der Waals surface area contributed by atoms with E-state index in [0.29, 0.717) is 22.4 Å². The zero-order valence-electron chi connectivity index (χ0n) is 22.4. The van der Waals surface area contributed by atoms with E-state index in [1.165, 1.54) is 30.3 Å². The van der Waals surface area contributed by atoms with E-state index < -0.39 is 17.1 Å². The predicted molar refractivity (Wildman–Crippen MR) is 161 cm³/mol. The van der Waals surface area contributed by atoms with Gasteiger partial charge >= 0.3 is 5.97 Å². The number of allylic oxidation sites excluding steroid dienone is 2. The maximum Gasteiger partial charge on any atom is 0.315 e. The molecule has 0 aliphatic heterocycles. The van der Waals surface area contributed by atoms with Gasteiger partial charge in [-0.3, -0.25) is 4.79 Å². The Morgan fingerprint density at radius 3 is 2.15 bits per heavy atom. The predicted octanol–water partition coefficient (Wildman–Crippen LogP) is 7.47. The van der Waals surface area contributed by atoms with Gasteiger partial charge in [0.2, 0.25) is 0 Å². The molecule has 206 valence electrons. The minimum absolute atomic E-state index is 0.0306. The van der Waals surface area contributed by atoms with Crippen molar-refractivity contribution < 1.29 is 28.7 Å². The summed E-state index contributed by atoms with van der Waals surface area (Å²) in [6.45, 7) is 1.91. The van der Waals surface area contributed by atoms with Crippen molar-refractivity contribution in [1.29, 1.82) is 0 Å². The first-order valence-corrected chi connectivity index (χ1v) is 14.4. The first kappa shape index (κ1) is 28.0. The first-order chi connectivity index (χ1) is 19.7. The molecule has 0 saturated carbocycles. The van der Waals surface area contributed by atoms with Gasteiger partial charge < -0.3 is 19.5 Å². The van der Waals surface area contributed by atoms with Gasteiger partial charge in [0, 0.05) is 6.07 Å². The third-order valence-electron chi connectivity index (χ3n) is 6.80. The van der Waals surface area contributed by atoms with Crippen LogP contribution in [0.5, 0.6) is 17.2 Å². The van der Waals surface area contributed by atoms with Gasteiger partial charge in [-0.15, -0.1) is 0 Å². The smallest absolute Gasteiger partial charge is 0.315 e. The van der Waals surface area contributed by atoms with Gasteiger partial charge in [0.15, 0.2) is 4.90 Å². The maximum absolute atomic E-state index is 14.3. The lowest BCUT2D eigenvalue weighted by molar-refractivity contribution is -0.133. The van der Waals surface area contributed by atoms with Crippen LogP contribution < -0.4 is 4.74 Å². The van der Waals surface area contributed by atoms with Crippen molar-refractivity contribution in [3.8, 4) is 17.2 Å². The monoisotopic (exact) mass is 566 g/mol. The molecule has 2 N–H and O–H groups in total. The molecule has 0 heterocycles. The van der Waals surface area contributed by atoms with Crippen molar-refractivity contribution in [3.63, 3.8) is 0 Å². The van der Waals surface area contributed by atoms with Gasteiger partial charge in [0.05, 0.1) is 6.42 Å². The van der Waals surface area contributed by atoms with Gasteiger partial charge in [-0.1, -0.05) is 30.4 Å². The molecule has 7 heteroatoms. The second-order valence-electron chi connectivity index (χ2n) is 9.71. The van der Waals surface area contributed by atoms with E-state index in [4.69, 9.17) is 4.74 Å². The average molecular weight is 567 g/mol. The first-order valence-electron chi connectivity index (χ1n) is 12.8. The Labute approximate surface area is 240 Å². The minimum Gasteiger partial charge on any atom is -0.612 e. The van der Waals surface area contributed by atoms with Gasteiger partial charge in [-0.05, 0) is 129 Å². The molecule has 1 aliphatic rings. The highest BCUT2D eigenvalue weighted by Crippen LogP contribution is 2.44. The fourth-order valence-corrected chi connectivity index (χ4v) is 5.29. The second-order valence-corrected chi connectivity index (χ2v) is 11.1. The number of carbonyl (C=O) groups is 1. The van der Waals surface area contributed by atoms with Crippen molar-refractivity contribution >= 4 is 46.5 Å². The summed E-state index contributed by atoms with van der Waals surface area (Å²) in [5.74, 6) is -0.539. The molecule has 0 amide bonds. The van der Waals surface area contributed by atoms with Crippen molar-refractivity contribution in [3.05, 3.63) is 124 Å². The number of ether oxygens (including phenoxy) is 1. The summed E-state index contributed by atoms with van der Waals surface area (Å²) < 4.78 is 31.6. The number of esters is 1. The Morgan fingerprint density at radius 2 is 1.49 bits per heavy atom. The molecule has 4 aromatic carbocycles. The molecule has 1 atom stereocenters. The summed E-state index contributed by atoms with van der Waals surface area (Å²) in [5, 5.41) is 19.3. The molecular weight excluding hydrogens is 539 g/mol. The molecule has 5 rings (SSSR count). The zero-order chi connectivity index (χ0) is 29.1. The zero-order valence-corrected chi connectivity index (χ0v) is 23.2. The van der Waals surface area contributed by atoms with Crippen molar-refractivity contribution in [2.45, 2.75) is 18.2 Å². The third kappa shape index (κ3) is 6.60. The molecule has 0 saturated heterocycles. The van der Waals surface area contributed by atoms with Crippen LogP contribution in [0.3, 0.4) is 0 Å². The van der Waals surface area contributed by atoms with Gasteiger partial charge in [0.1, 0.15) is 29.3 Å². The molecule has 0 spiro atoms. The summed E-state index contributed by atoms with van der Waals surface area (Å²) in [5.41, 5.74) is 6.34. The number of halogens is 1. The number of carbonyl (C=O) groups excluding carboxylic acids is 1. The van der Waals surface area contributed by atoms with Gasteiger partial charge in [0.25, 0.3) is 0 Å². The topological polar surface area (TPSA) is 89.8 Å². The van der Waals surface area contributed by atoms with E-state index in [0.717, 1.165) is 32.7 Å². The lowest BCUT2D eigenvalue weighted by Crippen LogP contribution is -2.08. The Kier molecular flexibility index (Phi) is 8.10. The van der Waals surface area contributed by atoms with E-state index in [-0.39, 0.29) is 23.7 Å². The molecule has 1 unspecified atom stereocenters. The summed E-state index contributed by atoms with van der Waals surface area (Å²) in [6, 6.07) is 23.2. The number of aromatic hydroxyl groups is 2. The standard InChI is InChI=1S/C34H27FO5S/c1-21-31(17-23-7-12-29(13-8-23)41(2)39)30-14-9-25(35)18-33(30)32(21)20-34(38)40-28-10-5-22(6-11-28)3-4-24-15-26(36)19-27(37)16-24/h3-19,36-37H,20H2,1-2H3/b4-3+,31-17-. The summed E-state index contributed by atoms with van der Waals surface area (Å²) in [7, 11) is 0. The number of hydrogen-bond donors (Lipinski definition) is 2. The molecule has 0 bridgehead atoms. The highest BCUT2D eigenvalue weighted by atomic mass is 32.2. The lowest BCUT2D eigenvalue weighted by Gasteiger charge is -2.08. The Morgan fingerprint density at radius 1 is 0.854 bits per heavy atom.